The number of rotatable bonds is 56. The minimum absolute atomic E-state index is 0.696. The van der Waals surface area contributed by atoms with Gasteiger partial charge in [-0.2, -0.15) is 0 Å². The van der Waals surface area contributed by atoms with Crippen LogP contribution in [-0.2, 0) is 0 Å². The molecule has 0 aliphatic heterocycles. The van der Waals surface area contributed by atoms with Crippen LogP contribution in [0.4, 0.5) is 11.4 Å². The van der Waals surface area contributed by atoms with Crippen molar-refractivity contribution in [2.75, 3.05) is 31.8 Å². The molecule has 0 radical (unpaired) electrons. The van der Waals surface area contributed by atoms with E-state index in [1.165, 1.54) is 289 Å². The summed E-state index contributed by atoms with van der Waals surface area (Å²) < 4.78 is 20.3. The van der Waals surface area contributed by atoms with Gasteiger partial charge in [0.25, 0.3) is 0 Å². The predicted octanol–water partition coefficient (Wildman–Crippen LogP) is 23.4. The van der Waals surface area contributed by atoms with Gasteiger partial charge in [-0.05, 0) is 43.5 Å². The Morgan fingerprint density at radius 2 is 0.521 bits per heavy atom. The van der Waals surface area contributed by atoms with Gasteiger partial charge in [0.05, 0.1) is 25.5 Å². The van der Waals surface area contributed by atoms with Crippen LogP contribution in [0.3, 0.4) is 0 Å². The minimum atomic E-state index is 0.696. The first-order valence-electron chi connectivity index (χ1n) is 32.1. The number of hydrogen-bond donors (Lipinski definition) is 0. The summed E-state index contributed by atoms with van der Waals surface area (Å²) in [4.78, 5) is 2.25. The highest BCUT2D eigenvalue weighted by atomic mass is 16.5. The second kappa shape index (κ2) is 51.1. The Labute approximate surface area is 444 Å². The van der Waals surface area contributed by atoms with Crippen molar-refractivity contribution in [3.8, 4) is 17.2 Å². The second-order valence-electron chi connectivity index (χ2n) is 22.1. The van der Waals surface area contributed by atoms with Gasteiger partial charge >= 0.3 is 0 Å². The Morgan fingerprint density at radius 3 is 0.817 bits per heavy atom. The highest BCUT2D eigenvalue weighted by Gasteiger charge is 2.21. The van der Waals surface area contributed by atoms with Crippen molar-refractivity contribution in [3.05, 3.63) is 42.5 Å². The van der Waals surface area contributed by atoms with Gasteiger partial charge < -0.3 is 19.1 Å². The Balaban J connectivity index is 1.86. The molecule has 71 heavy (non-hydrogen) atoms. The average molecular weight is 989 g/mol. The summed E-state index contributed by atoms with van der Waals surface area (Å²) in [6.07, 6.45) is 65.9. The number of unbranched alkanes of at least 4 members (excludes halogenated alkanes) is 45. The van der Waals surface area contributed by atoms with Crippen LogP contribution in [0, 0.1) is 0 Å². The van der Waals surface area contributed by atoms with Crippen LogP contribution in [0.15, 0.2) is 42.5 Å². The zero-order chi connectivity index (χ0) is 50.6. The van der Waals surface area contributed by atoms with Crippen LogP contribution in [0.25, 0.3) is 0 Å². The third-order valence-electron chi connectivity index (χ3n) is 15.3. The largest absolute Gasteiger partial charge is 0.490 e. The van der Waals surface area contributed by atoms with Gasteiger partial charge in [-0.3, -0.25) is 0 Å². The molecule has 0 aliphatic carbocycles. The zero-order valence-electron chi connectivity index (χ0n) is 48.3. The molecule has 4 nitrogen and oxygen atoms in total. The van der Waals surface area contributed by atoms with E-state index in [1.54, 1.807) is 0 Å². The number of anilines is 2. The molecule has 0 heterocycles. The molecule has 0 aromatic heterocycles. The quantitative estimate of drug-likeness (QED) is 0.0618. The first-order chi connectivity index (χ1) is 35.2. The van der Waals surface area contributed by atoms with E-state index in [9.17, 15) is 0 Å². The van der Waals surface area contributed by atoms with Gasteiger partial charge in [0.15, 0.2) is 11.5 Å². The van der Waals surface area contributed by atoms with E-state index >= 15 is 0 Å². The summed E-state index contributed by atoms with van der Waals surface area (Å²) in [5.41, 5.74) is 2.19. The molecule has 0 bridgehead atoms. The maximum absolute atomic E-state index is 6.84. The fourth-order valence-electron chi connectivity index (χ4n) is 10.5. The third-order valence-corrected chi connectivity index (χ3v) is 15.3. The highest BCUT2D eigenvalue weighted by Crippen LogP contribution is 2.46. The van der Waals surface area contributed by atoms with E-state index < -0.39 is 0 Å². The monoisotopic (exact) mass is 988 g/mol. The van der Waals surface area contributed by atoms with Crippen molar-refractivity contribution in [1.29, 1.82) is 0 Å². The Kier molecular flexibility index (Phi) is 46.6. The first kappa shape index (κ1) is 64.8. The molecule has 0 amide bonds. The predicted molar refractivity (Wildman–Crippen MR) is 316 cm³/mol. The number of hydrogen-bond acceptors (Lipinski definition) is 4. The lowest BCUT2D eigenvalue weighted by Gasteiger charge is -2.26. The molecule has 0 spiro atoms. The van der Waals surface area contributed by atoms with Crippen molar-refractivity contribution in [2.45, 2.75) is 329 Å². The van der Waals surface area contributed by atoms with Gasteiger partial charge in [-0.15, -0.1) is 0 Å². The van der Waals surface area contributed by atoms with Crippen molar-refractivity contribution >= 4 is 11.4 Å². The molecule has 0 atom stereocenters. The molecule has 0 unspecified atom stereocenters. The second-order valence-corrected chi connectivity index (χ2v) is 22.1. The molecular formula is C67H121NO3. The molecule has 0 aliphatic rings. The van der Waals surface area contributed by atoms with Crippen LogP contribution in [0.2, 0.25) is 0 Å². The Hall–Kier alpha value is -2.36. The lowest BCUT2D eigenvalue weighted by Crippen LogP contribution is -2.14. The van der Waals surface area contributed by atoms with Crippen molar-refractivity contribution in [3.63, 3.8) is 0 Å². The maximum Gasteiger partial charge on any atom is 0.205 e. The zero-order valence-corrected chi connectivity index (χ0v) is 48.3. The SMILES string of the molecule is CCCCCCCCCCCCCCCCCCOc1ccc(N(C)c2ccccc2)c(OCCCCCCCCCCCCCCCCCC)c1OCCCCCCCCCCCCCCCCCC. The van der Waals surface area contributed by atoms with Gasteiger partial charge in [0.2, 0.25) is 5.75 Å². The van der Waals surface area contributed by atoms with Gasteiger partial charge in [0, 0.05) is 12.7 Å². The minimum Gasteiger partial charge on any atom is -0.490 e. The molecule has 0 saturated carbocycles. The van der Waals surface area contributed by atoms with E-state index in [0.29, 0.717) is 13.2 Å². The Bertz CT molecular complexity index is 1360. The number of nitrogens with zero attached hydrogens (tertiary/aromatic N) is 1. The molecule has 0 fully saturated rings. The van der Waals surface area contributed by atoms with Crippen LogP contribution >= 0.6 is 0 Å². The lowest BCUT2D eigenvalue weighted by atomic mass is 10.0. The topological polar surface area (TPSA) is 30.9 Å². The summed E-state index contributed by atoms with van der Waals surface area (Å²) in [5, 5.41) is 0. The van der Waals surface area contributed by atoms with Crippen LogP contribution in [-0.4, -0.2) is 26.9 Å². The molecule has 0 N–H and O–H groups in total. The normalized spacial score (nSPS) is 11.4. The average Bonchev–Trinajstić information content (AvgIpc) is 3.39. The smallest absolute Gasteiger partial charge is 0.205 e. The fourth-order valence-corrected chi connectivity index (χ4v) is 10.5. The van der Waals surface area contributed by atoms with E-state index in [2.05, 4.69) is 75.2 Å². The molecular weight excluding hydrogens is 867 g/mol. The van der Waals surface area contributed by atoms with E-state index in [1.807, 2.05) is 0 Å². The molecule has 2 aromatic carbocycles. The number of benzene rings is 2. The standard InChI is InChI=1S/C67H121NO3/c1-5-8-11-14-17-20-23-26-29-32-35-38-41-44-47-53-60-69-65-59-58-64(68(4)63-56-51-50-52-57-63)66(70-61-54-48-45-42-39-36-33-30-27-24-21-18-15-12-9-6-2)67(65)71-62-55-49-46-43-40-37-34-31-28-25-22-19-16-13-10-7-3/h50-52,56-59H,5-49,53-55,60-62H2,1-4H3. The molecule has 4 heteroatoms. The summed E-state index contributed by atoms with van der Waals surface area (Å²) in [6, 6.07) is 15.0. The van der Waals surface area contributed by atoms with Gasteiger partial charge in [0.1, 0.15) is 0 Å². The van der Waals surface area contributed by atoms with Gasteiger partial charge in [-0.1, -0.05) is 328 Å². The van der Waals surface area contributed by atoms with E-state index in [-0.39, 0.29) is 0 Å². The third kappa shape index (κ3) is 37.9. The summed E-state index contributed by atoms with van der Waals surface area (Å²) in [7, 11) is 2.16. The lowest BCUT2D eigenvalue weighted by molar-refractivity contribution is 0.234. The number of ether oxygens (including phenoxy) is 3. The van der Waals surface area contributed by atoms with Crippen LogP contribution in [0.1, 0.15) is 329 Å². The molecule has 0 saturated heterocycles. The summed E-state index contributed by atoms with van der Waals surface area (Å²) >= 11 is 0. The van der Waals surface area contributed by atoms with Gasteiger partial charge in [-0.25, -0.2) is 0 Å². The molecule has 2 rings (SSSR count). The maximum atomic E-state index is 6.84. The van der Waals surface area contributed by atoms with E-state index in [0.717, 1.165) is 54.5 Å². The first-order valence-corrected chi connectivity index (χ1v) is 32.1. The van der Waals surface area contributed by atoms with Crippen molar-refractivity contribution in [2.24, 2.45) is 0 Å². The van der Waals surface area contributed by atoms with Crippen molar-refractivity contribution < 1.29 is 14.2 Å². The van der Waals surface area contributed by atoms with E-state index in [4.69, 9.17) is 14.2 Å². The number of para-hydroxylation sites is 1. The van der Waals surface area contributed by atoms with Crippen molar-refractivity contribution in [1.82, 2.24) is 0 Å². The highest BCUT2D eigenvalue weighted by molar-refractivity contribution is 5.74. The summed E-state index contributed by atoms with van der Waals surface area (Å²) in [6.45, 7) is 9.04. The molecule has 2 aromatic rings. The molecule has 412 valence electrons. The fraction of sp³-hybridized carbons (Fsp3) is 0.821. The summed E-state index contributed by atoms with van der Waals surface area (Å²) in [5.74, 6) is 2.49. The Morgan fingerprint density at radius 1 is 0.268 bits per heavy atom. The van der Waals surface area contributed by atoms with Crippen LogP contribution < -0.4 is 19.1 Å². The van der Waals surface area contributed by atoms with Crippen LogP contribution in [0.5, 0.6) is 17.2 Å².